The van der Waals surface area contributed by atoms with Gasteiger partial charge in [0.15, 0.2) is 0 Å². The summed E-state index contributed by atoms with van der Waals surface area (Å²) in [5.41, 5.74) is 0. The van der Waals surface area contributed by atoms with Crippen LogP contribution in [-0.2, 0) is 14.3 Å². The van der Waals surface area contributed by atoms with E-state index in [1.54, 1.807) is 0 Å². The number of carboxylic acid groups (broad SMARTS) is 1. The Bertz CT molecular complexity index is 405. The first-order chi connectivity index (χ1) is 10.1. The molecule has 0 aromatic heterocycles. The van der Waals surface area contributed by atoms with Crippen LogP contribution in [0.5, 0.6) is 0 Å². The van der Waals surface area contributed by atoms with Crippen molar-refractivity contribution in [2.24, 2.45) is 17.8 Å². The van der Waals surface area contributed by atoms with Crippen LogP contribution in [0.4, 0.5) is 0 Å². The molecule has 1 saturated heterocycles. The monoisotopic (exact) mass is 295 g/mol. The Morgan fingerprint density at radius 2 is 1.95 bits per heavy atom. The maximum atomic E-state index is 12.6. The number of carbonyl (C=O) groups excluding carboxylic acids is 1. The zero-order chi connectivity index (χ0) is 14.8. The van der Waals surface area contributed by atoms with E-state index >= 15 is 0 Å². The molecule has 2 aliphatic carbocycles. The van der Waals surface area contributed by atoms with E-state index in [-0.39, 0.29) is 24.3 Å². The third-order valence-corrected chi connectivity index (χ3v) is 5.27. The van der Waals surface area contributed by atoms with Crippen LogP contribution in [0.1, 0.15) is 44.9 Å². The van der Waals surface area contributed by atoms with Crippen molar-refractivity contribution in [3.8, 4) is 0 Å². The van der Waals surface area contributed by atoms with Crippen LogP contribution in [-0.4, -0.2) is 47.7 Å². The maximum Gasteiger partial charge on any atom is 0.306 e. The number of amides is 1. The van der Waals surface area contributed by atoms with Crippen LogP contribution in [0.15, 0.2) is 0 Å². The molecule has 118 valence electrons. The van der Waals surface area contributed by atoms with Crippen LogP contribution < -0.4 is 0 Å². The fourth-order valence-corrected chi connectivity index (χ4v) is 4.05. The lowest BCUT2D eigenvalue weighted by molar-refractivity contribution is -0.148. The lowest BCUT2D eigenvalue weighted by atomic mass is 9.85. The minimum atomic E-state index is -0.860. The van der Waals surface area contributed by atoms with Gasteiger partial charge in [-0.1, -0.05) is 32.1 Å². The summed E-state index contributed by atoms with van der Waals surface area (Å²) >= 11 is 0. The molecule has 3 fully saturated rings. The van der Waals surface area contributed by atoms with Gasteiger partial charge in [0.2, 0.25) is 5.91 Å². The molecular weight excluding hydrogens is 270 g/mol. The molecule has 0 aromatic carbocycles. The zero-order valence-corrected chi connectivity index (χ0v) is 12.5. The smallest absolute Gasteiger partial charge is 0.306 e. The Labute approximate surface area is 125 Å². The summed E-state index contributed by atoms with van der Waals surface area (Å²) in [5.74, 6) is 0.934. The molecule has 3 aliphatic rings. The van der Waals surface area contributed by atoms with Gasteiger partial charge in [-0.25, -0.2) is 0 Å². The predicted molar refractivity (Wildman–Crippen MR) is 76.7 cm³/mol. The van der Waals surface area contributed by atoms with Gasteiger partial charge in [-0.15, -0.1) is 0 Å². The highest BCUT2D eigenvalue weighted by molar-refractivity contribution is 5.82. The summed E-state index contributed by atoms with van der Waals surface area (Å²) in [6.45, 7) is 1.52. The minimum absolute atomic E-state index is 0.0134. The summed E-state index contributed by atoms with van der Waals surface area (Å²) in [4.78, 5) is 25.2. The second kappa shape index (κ2) is 6.34. The van der Waals surface area contributed by atoms with Crippen LogP contribution in [0.3, 0.4) is 0 Å². The molecule has 0 unspecified atom stereocenters. The first-order valence-electron chi connectivity index (χ1n) is 8.27. The third-order valence-electron chi connectivity index (χ3n) is 5.27. The quantitative estimate of drug-likeness (QED) is 0.860. The summed E-state index contributed by atoms with van der Waals surface area (Å²) < 4.78 is 5.44. The van der Waals surface area contributed by atoms with Crippen LogP contribution in [0, 0.1) is 17.8 Å². The van der Waals surface area contributed by atoms with E-state index in [4.69, 9.17) is 9.84 Å². The van der Waals surface area contributed by atoms with Crippen molar-refractivity contribution < 1.29 is 19.4 Å². The van der Waals surface area contributed by atoms with E-state index in [2.05, 4.69) is 0 Å². The molecule has 0 spiro atoms. The van der Waals surface area contributed by atoms with Crippen molar-refractivity contribution >= 4 is 11.9 Å². The summed E-state index contributed by atoms with van der Waals surface area (Å²) in [7, 11) is 0. The minimum Gasteiger partial charge on any atom is -0.481 e. The molecule has 5 heteroatoms. The second-order valence-electron chi connectivity index (χ2n) is 6.78. The first kappa shape index (κ1) is 14.8. The molecular formula is C16H25NO4. The molecule has 5 nitrogen and oxygen atoms in total. The molecule has 21 heavy (non-hydrogen) atoms. The topological polar surface area (TPSA) is 66.8 Å². The van der Waals surface area contributed by atoms with Crippen molar-refractivity contribution in [1.29, 1.82) is 0 Å². The van der Waals surface area contributed by atoms with Crippen molar-refractivity contribution in [2.75, 3.05) is 19.7 Å². The van der Waals surface area contributed by atoms with Gasteiger partial charge in [-0.3, -0.25) is 9.59 Å². The van der Waals surface area contributed by atoms with Gasteiger partial charge in [0, 0.05) is 19.0 Å². The van der Waals surface area contributed by atoms with Crippen molar-refractivity contribution in [1.82, 2.24) is 4.90 Å². The second-order valence-corrected chi connectivity index (χ2v) is 6.78. The normalized spacial score (nSPS) is 33.7. The highest BCUT2D eigenvalue weighted by atomic mass is 16.5. The Kier molecular flexibility index (Phi) is 4.48. The predicted octanol–water partition coefficient (Wildman–Crippen LogP) is 1.90. The van der Waals surface area contributed by atoms with Crippen molar-refractivity contribution in [2.45, 2.75) is 51.0 Å². The van der Waals surface area contributed by atoms with E-state index in [0.29, 0.717) is 25.6 Å². The molecule has 1 heterocycles. The molecule has 0 radical (unpaired) electrons. The highest BCUT2D eigenvalue weighted by Crippen LogP contribution is 2.50. The van der Waals surface area contributed by atoms with Gasteiger partial charge in [-0.2, -0.15) is 0 Å². The molecule has 2 saturated carbocycles. The Hall–Kier alpha value is -1.10. The molecule has 0 aromatic rings. The molecule has 1 amide bonds. The highest BCUT2D eigenvalue weighted by Gasteiger charge is 2.49. The summed E-state index contributed by atoms with van der Waals surface area (Å²) in [6.07, 6.45) is 7.26. The van der Waals surface area contributed by atoms with Gasteiger partial charge in [0.05, 0.1) is 19.1 Å². The zero-order valence-electron chi connectivity index (χ0n) is 12.5. The van der Waals surface area contributed by atoms with Crippen LogP contribution in [0.25, 0.3) is 0 Å². The number of ether oxygens (including phenoxy) is 1. The molecule has 3 rings (SSSR count). The number of hydrogen-bond acceptors (Lipinski definition) is 3. The number of nitrogens with zero attached hydrogens (tertiary/aromatic N) is 1. The number of aliphatic carboxylic acids is 1. The Morgan fingerprint density at radius 1 is 1.19 bits per heavy atom. The molecule has 3 atom stereocenters. The lowest BCUT2D eigenvalue weighted by Crippen LogP contribution is -2.47. The van der Waals surface area contributed by atoms with E-state index in [0.717, 1.165) is 12.3 Å². The van der Waals surface area contributed by atoms with Gasteiger partial charge in [-0.05, 0) is 18.3 Å². The van der Waals surface area contributed by atoms with Gasteiger partial charge >= 0.3 is 5.97 Å². The first-order valence-corrected chi connectivity index (χ1v) is 8.27. The lowest BCUT2D eigenvalue weighted by Gasteiger charge is -2.33. The number of hydrogen-bond donors (Lipinski definition) is 1. The Balaban J connectivity index is 1.50. The van der Waals surface area contributed by atoms with Crippen LogP contribution >= 0.6 is 0 Å². The average molecular weight is 295 g/mol. The number of morpholine rings is 1. The average Bonchev–Trinajstić information content (AvgIpc) is 3.27. The molecule has 0 bridgehead atoms. The standard InChI is InChI=1S/C16H25NO4/c18-15(19)8-12-10-17(6-7-21-12)16(20)14-9-13(14)11-4-2-1-3-5-11/h11-14H,1-10H2,(H,18,19)/t12-,13-,14-/m1/s1. The van der Waals surface area contributed by atoms with Crippen LogP contribution in [0.2, 0.25) is 0 Å². The van der Waals surface area contributed by atoms with E-state index in [9.17, 15) is 9.59 Å². The van der Waals surface area contributed by atoms with Crippen molar-refractivity contribution in [3.05, 3.63) is 0 Å². The Morgan fingerprint density at radius 3 is 2.67 bits per heavy atom. The number of rotatable bonds is 4. The van der Waals surface area contributed by atoms with Gasteiger partial charge in [0.1, 0.15) is 0 Å². The van der Waals surface area contributed by atoms with Gasteiger partial charge < -0.3 is 14.7 Å². The fourth-order valence-electron chi connectivity index (χ4n) is 4.05. The van der Waals surface area contributed by atoms with E-state index < -0.39 is 5.97 Å². The van der Waals surface area contributed by atoms with E-state index in [1.165, 1.54) is 32.1 Å². The fraction of sp³-hybridized carbons (Fsp3) is 0.875. The van der Waals surface area contributed by atoms with E-state index in [1.807, 2.05) is 4.90 Å². The number of carboxylic acids is 1. The molecule has 1 aliphatic heterocycles. The maximum absolute atomic E-state index is 12.6. The largest absolute Gasteiger partial charge is 0.481 e. The SMILES string of the molecule is O=C(O)C[C@@H]1CN(C(=O)[C@@H]2C[C@@H]2C2CCCCC2)CCO1. The van der Waals surface area contributed by atoms with Gasteiger partial charge in [0.25, 0.3) is 0 Å². The summed E-state index contributed by atoms with van der Waals surface area (Å²) in [6, 6.07) is 0. The molecule has 1 N–H and O–H groups in total. The number of carbonyl (C=O) groups is 2. The third kappa shape index (κ3) is 3.57. The summed E-state index contributed by atoms with van der Waals surface area (Å²) in [5, 5.41) is 8.84. The van der Waals surface area contributed by atoms with Crippen molar-refractivity contribution in [3.63, 3.8) is 0 Å².